The van der Waals surface area contributed by atoms with Gasteiger partial charge in [-0.25, -0.2) is 0 Å². The third kappa shape index (κ3) is 4.76. The molecule has 9 aromatic carbocycles. The fraction of sp³-hybridized carbons (Fsp3) is 0. The van der Waals surface area contributed by atoms with Gasteiger partial charge >= 0.3 is 0 Å². The topological polar surface area (TPSA) is 12.9 Å². The average molecular weight is 684 g/mol. The van der Waals surface area contributed by atoms with E-state index in [4.69, 9.17) is 4.98 Å². The van der Waals surface area contributed by atoms with Crippen molar-refractivity contribution in [2.45, 2.75) is 0 Å². The van der Waals surface area contributed by atoms with Crippen LogP contribution in [-0.4, -0.2) is 4.98 Å². The Morgan fingerprint density at radius 2 is 0.667 bits per heavy atom. The van der Waals surface area contributed by atoms with E-state index in [1.54, 1.807) is 0 Å². The molecule has 250 valence electrons. The number of nitrogens with zero attached hydrogens (tertiary/aromatic N) is 1. The van der Waals surface area contributed by atoms with Crippen LogP contribution >= 0.6 is 0 Å². The maximum absolute atomic E-state index is 5.33. The molecule has 0 spiro atoms. The maximum Gasteiger partial charge on any atom is 0.0721 e. The monoisotopic (exact) mass is 683 g/mol. The first-order chi connectivity index (χ1) is 26.8. The Balaban J connectivity index is 1.12. The average Bonchev–Trinajstić information content (AvgIpc) is 3.25. The highest BCUT2D eigenvalue weighted by Gasteiger charge is 2.24. The van der Waals surface area contributed by atoms with E-state index >= 15 is 0 Å². The molecular weight excluding hydrogens is 651 g/mol. The molecule has 0 bridgehead atoms. The molecular formula is C53H33N. The highest BCUT2D eigenvalue weighted by Crippen LogP contribution is 2.49. The van der Waals surface area contributed by atoms with E-state index in [0.717, 1.165) is 16.8 Å². The molecule has 0 atom stereocenters. The van der Waals surface area contributed by atoms with Crippen LogP contribution in [0.3, 0.4) is 0 Å². The van der Waals surface area contributed by atoms with Gasteiger partial charge in [-0.1, -0.05) is 182 Å². The second-order valence-electron chi connectivity index (χ2n) is 14.2. The van der Waals surface area contributed by atoms with Crippen molar-refractivity contribution in [3.8, 4) is 78.0 Å². The molecule has 1 aromatic heterocycles. The lowest BCUT2D eigenvalue weighted by atomic mass is 9.81. The summed E-state index contributed by atoms with van der Waals surface area (Å²) in [6, 6.07) is 70.8. The normalized spacial score (nSPS) is 11.7. The second kappa shape index (κ2) is 12.3. The first-order valence-corrected chi connectivity index (χ1v) is 18.6. The van der Waals surface area contributed by atoms with Crippen molar-refractivity contribution in [2.24, 2.45) is 0 Å². The van der Waals surface area contributed by atoms with Gasteiger partial charge in [0.15, 0.2) is 0 Å². The standard InChI is InChI=1S/C53H33N/c1-2-14-37-31-38(30-27-34(37)13-1)35-25-28-36(29-26-35)52-45-21-9-11-23-47(45)53(48-24-12-10-22-46(48)52)51-32-49-43-19-7-5-17-41(43)39-15-3-4-16-40(39)42-18-6-8-20-44(42)50(49)33-54-51/h1-33H. The Morgan fingerprint density at radius 1 is 0.259 bits per heavy atom. The largest absolute Gasteiger partial charge is 0.256 e. The van der Waals surface area contributed by atoms with Crippen molar-refractivity contribution >= 4 is 32.3 Å². The van der Waals surface area contributed by atoms with Crippen LogP contribution in [-0.2, 0) is 0 Å². The summed E-state index contributed by atoms with van der Waals surface area (Å²) >= 11 is 0. The summed E-state index contributed by atoms with van der Waals surface area (Å²) in [6.45, 7) is 0. The van der Waals surface area contributed by atoms with E-state index < -0.39 is 0 Å². The molecule has 1 heterocycles. The zero-order chi connectivity index (χ0) is 35.6. The zero-order valence-corrected chi connectivity index (χ0v) is 29.5. The number of hydrogen-bond acceptors (Lipinski definition) is 1. The number of aromatic nitrogens is 1. The van der Waals surface area contributed by atoms with E-state index in [0.29, 0.717) is 0 Å². The molecule has 0 N–H and O–H groups in total. The molecule has 0 fully saturated rings. The number of hydrogen-bond donors (Lipinski definition) is 0. The van der Waals surface area contributed by atoms with Gasteiger partial charge in [0.05, 0.1) is 5.69 Å². The summed E-state index contributed by atoms with van der Waals surface area (Å²) in [5, 5.41) is 7.35. The van der Waals surface area contributed by atoms with Crippen LogP contribution in [0.25, 0.3) is 110 Å². The van der Waals surface area contributed by atoms with Gasteiger partial charge in [0.1, 0.15) is 0 Å². The molecule has 0 saturated heterocycles. The fourth-order valence-corrected chi connectivity index (χ4v) is 8.80. The quantitative estimate of drug-likeness (QED) is 0.169. The Hall–Kier alpha value is -7.09. The summed E-state index contributed by atoms with van der Waals surface area (Å²) in [4.78, 5) is 5.33. The minimum atomic E-state index is 0.973. The molecule has 0 saturated carbocycles. The highest BCUT2D eigenvalue weighted by molar-refractivity contribution is 6.21. The van der Waals surface area contributed by atoms with E-state index in [-0.39, 0.29) is 0 Å². The summed E-state index contributed by atoms with van der Waals surface area (Å²) < 4.78 is 0. The van der Waals surface area contributed by atoms with Crippen LogP contribution in [0.1, 0.15) is 0 Å². The van der Waals surface area contributed by atoms with Crippen molar-refractivity contribution in [3.63, 3.8) is 0 Å². The maximum atomic E-state index is 5.33. The number of benzene rings is 9. The molecule has 1 aliphatic rings. The molecule has 1 nitrogen and oxygen atoms in total. The van der Waals surface area contributed by atoms with Crippen LogP contribution in [0.4, 0.5) is 0 Å². The van der Waals surface area contributed by atoms with Crippen LogP contribution in [0.5, 0.6) is 0 Å². The minimum absolute atomic E-state index is 0.973. The third-order valence-corrected chi connectivity index (χ3v) is 11.3. The SMILES string of the molecule is c1ccc2c(c1)-c1ccccc1-c1cnc(-c3c4ccccc4c(-c4ccc(-c5ccc6ccccc6c5)cc4)c4ccccc34)cc1-c1ccccc1-2. The molecule has 1 aliphatic carbocycles. The van der Waals surface area contributed by atoms with Crippen molar-refractivity contribution in [3.05, 3.63) is 200 Å². The number of rotatable bonds is 3. The van der Waals surface area contributed by atoms with Gasteiger partial charge in [-0.15, -0.1) is 0 Å². The van der Waals surface area contributed by atoms with Gasteiger partial charge in [0, 0.05) is 17.3 Å². The van der Waals surface area contributed by atoms with Gasteiger partial charge in [-0.3, -0.25) is 4.98 Å². The predicted octanol–water partition coefficient (Wildman–Crippen LogP) is 14.5. The first kappa shape index (κ1) is 30.5. The lowest BCUT2D eigenvalue weighted by Crippen LogP contribution is -1.99. The molecule has 0 unspecified atom stereocenters. The van der Waals surface area contributed by atoms with Crippen LogP contribution in [0.2, 0.25) is 0 Å². The Morgan fingerprint density at radius 3 is 1.22 bits per heavy atom. The molecule has 10 aromatic rings. The summed E-state index contributed by atoms with van der Waals surface area (Å²) in [6.07, 6.45) is 2.11. The van der Waals surface area contributed by atoms with Crippen LogP contribution in [0, 0.1) is 0 Å². The van der Waals surface area contributed by atoms with Crippen LogP contribution in [0.15, 0.2) is 200 Å². The lowest BCUT2D eigenvalue weighted by molar-refractivity contribution is 1.33. The third-order valence-electron chi connectivity index (χ3n) is 11.3. The van der Waals surface area contributed by atoms with Crippen molar-refractivity contribution in [1.82, 2.24) is 4.98 Å². The van der Waals surface area contributed by atoms with E-state index in [2.05, 4.69) is 200 Å². The van der Waals surface area contributed by atoms with E-state index in [1.165, 1.54) is 93.5 Å². The van der Waals surface area contributed by atoms with Gasteiger partial charge in [0.25, 0.3) is 0 Å². The Bertz CT molecular complexity index is 3030. The molecule has 0 radical (unpaired) electrons. The van der Waals surface area contributed by atoms with Gasteiger partial charge in [-0.2, -0.15) is 0 Å². The molecule has 1 heteroatoms. The summed E-state index contributed by atoms with van der Waals surface area (Å²) in [5.41, 5.74) is 16.7. The van der Waals surface area contributed by atoms with E-state index in [9.17, 15) is 0 Å². The fourth-order valence-electron chi connectivity index (χ4n) is 8.80. The molecule has 0 aliphatic heterocycles. The van der Waals surface area contributed by atoms with Crippen LogP contribution < -0.4 is 0 Å². The van der Waals surface area contributed by atoms with Gasteiger partial charge in [0.2, 0.25) is 0 Å². The van der Waals surface area contributed by atoms with Crippen molar-refractivity contribution < 1.29 is 0 Å². The molecule has 0 amide bonds. The van der Waals surface area contributed by atoms with Gasteiger partial charge < -0.3 is 0 Å². The molecule has 54 heavy (non-hydrogen) atoms. The van der Waals surface area contributed by atoms with E-state index in [1.807, 2.05) is 0 Å². The Kier molecular flexibility index (Phi) is 6.93. The minimum Gasteiger partial charge on any atom is -0.256 e. The smallest absolute Gasteiger partial charge is 0.0721 e. The lowest BCUT2D eigenvalue weighted by Gasteiger charge is -2.23. The Labute approximate surface area is 314 Å². The number of fused-ring (bicyclic) bond motifs is 11. The van der Waals surface area contributed by atoms with Gasteiger partial charge in [-0.05, 0) is 106 Å². The summed E-state index contributed by atoms with van der Waals surface area (Å²) in [5.74, 6) is 0. The predicted molar refractivity (Wildman–Crippen MR) is 228 cm³/mol. The molecule has 11 rings (SSSR count). The first-order valence-electron chi connectivity index (χ1n) is 18.6. The zero-order valence-electron chi connectivity index (χ0n) is 29.5. The number of pyridine rings is 1. The summed E-state index contributed by atoms with van der Waals surface area (Å²) in [7, 11) is 0. The van der Waals surface area contributed by atoms with Crippen molar-refractivity contribution in [1.29, 1.82) is 0 Å². The highest BCUT2D eigenvalue weighted by atomic mass is 14.7. The van der Waals surface area contributed by atoms with Crippen molar-refractivity contribution in [2.75, 3.05) is 0 Å². The second-order valence-corrected chi connectivity index (χ2v) is 14.2.